The highest BCUT2D eigenvalue weighted by Crippen LogP contribution is 2.30. The Bertz CT molecular complexity index is 789. The Morgan fingerprint density at radius 2 is 2.04 bits per heavy atom. The van der Waals surface area contributed by atoms with Crippen LogP contribution in [-0.2, 0) is 15.1 Å². The zero-order valence-electron chi connectivity index (χ0n) is 14.6. The van der Waals surface area contributed by atoms with Gasteiger partial charge in [0.2, 0.25) is 0 Å². The number of amides is 4. The first-order chi connectivity index (χ1) is 12.2. The number of imide groups is 1. The summed E-state index contributed by atoms with van der Waals surface area (Å²) >= 11 is 0. The van der Waals surface area contributed by atoms with E-state index in [1.54, 1.807) is 43.0 Å². The Labute approximate surface area is 150 Å². The summed E-state index contributed by atoms with van der Waals surface area (Å²) in [5.74, 6) is -2.36. The second-order valence-corrected chi connectivity index (χ2v) is 7.04. The molecule has 2 unspecified atom stereocenters. The van der Waals surface area contributed by atoms with E-state index >= 15 is 0 Å². The predicted octanol–water partition coefficient (Wildman–Crippen LogP) is 1.07. The molecule has 8 heteroatoms. The van der Waals surface area contributed by atoms with Crippen molar-refractivity contribution in [2.24, 2.45) is 5.92 Å². The summed E-state index contributed by atoms with van der Waals surface area (Å²) in [5.41, 5.74) is -0.387. The standard InChI is InChI=1S/C18H21N3O5/c1-10(15(23)24)9-21(13-6-7-13)14(22)11-4-3-5-12(8-11)18(2)16(25)19-17(26)20-18/h3-5,8,10,13H,6-7,9H2,1-2H3,(H,23,24)(H2,19,20,25,26). The van der Waals surface area contributed by atoms with Crippen LogP contribution in [0, 0.1) is 5.92 Å². The van der Waals surface area contributed by atoms with Gasteiger partial charge in [-0.1, -0.05) is 19.1 Å². The average molecular weight is 359 g/mol. The van der Waals surface area contributed by atoms with Crippen LogP contribution in [0.1, 0.15) is 42.6 Å². The van der Waals surface area contributed by atoms with Gasteiger partial charge in [-0.2, -0.15) is 0 Å². The molecule has 1 aliphatic heterocycles. The second-order valence-electron chi connectivity index (χ2n) is 7.04. The number of carboxylic acid groups (broad SMARTS) is 1. The number of benzene rings is 1. The molecule has 2 fully saturated rings. The van der Waals surface area contributed by atoms with Crippen molar-refractivity contribution in [2.75, 3.05) is 6.54 Å². The number of carbonyl (C=O) groups is 4. The van der Waals surface area contributed by atoms with Crippen LogP contribution in [0.4, 0.5) is 4.79 Å². The van der Waals surface area contributed by atoms with Gasteiger partial charge in [0.15, 0.2) is 0 Å². The smallest absolute Gasteiger partial charge is 0.322 e. The summed E-state index contributed by atoms with van der Waals surface area (Å²) in [6, 6.07) is 6.00. The molecule has 1 heterocycles. The lowest BCUT2D eigenvalue weighted by molar-refractivity contribution is -0.141. The van der Waals surface area contributed by atoms with Gasteiger partial charge in [-0.25, -0.2) is 4.79 Å². The second kappa shape index (κ2) is 6.44. The Balaban J connectivity index is 1.87. The Morgan fingerprint density at radius 3 is 2.58 bits per heavy atom. The molecular weight excluding hydrogens is 338 g/mol. The Morgan fingerprint density at radius 1 is 1.35 bits per heavy atom. The van der Waals surface area contributed by atoms with Crippen LogP contribution in [0.15, 0.2) is 24.3 Å². The van der Waals surface area contributed by atoms with Gasteiger partial charge in [-0.15, -0.1) is 0 Å². The summed E-state index contributed by atoms with van der Waals surface area (Å²) in [4.78, 5) is 49.3. The number of urea groups is 1. The van der Waals surface area contributed by atoms with Gasteiger partial charge in [0.05, 0.1) is 5.92 Å². The molecule has 2 atom stereocenters. The van der Waals surface area contributed by atoms with E-state index in [2.05, 4.69) is 10.6 Å². The quantitative estimate of drug-likeness (QED) is 0.657. The van der Waals surface area contributed by atoms with Crippen LogP contribution in [0.25, 0.3) is 0 Å². The topological polar surface area (TPSA) is 116 Å². The average Bonchev–Trinajstić information content (AvgIpc) is 3.39. The van der Waals surface area contributed by atoms with E-state index in [1.807, 2.05) is 0 Å². The lowest BCUT2D eigenvalue weighted by Crippen LogP contribution is -2.41. The zero-order valence-corrected chi connectivity index (χ0v) is 14.6. The highest BCUT2D eigenvalue weighted by atomic mass is 16.4. The van der Waals surface area contributed by atoms with Crippen molar-refractivity contribution in [3.63, 3.8) is 0 Å². The minimum absolute atomic E-state index is 0.0537. The van der Waals surface area contributed by atoms with E-state index in [-0.39, 0.29) is 18.5 Å². The molecule has 138 valence electrons. The molecule has 1 saturated carbocycles. The molecular formula is C18H21N3O5. The number of hydrogen-bond acceptors (Lipinski definition) is 4. The maximum atomic E-state index is 12.9. The molecule has 1 aliphatic carbocycles. The van der Waals surface area contributed by atoms with Crippen molar-refractivity contribution >= 4 is 23.8 Å². The summed E-state index contributed by atoms with van der Waals surface area (Å²) < 4.78 is 0. The molecule has 3 rings (SSSR count). The first kappa shape index (κ1) is 17.9. The molecule has 26 heavy (non-hydrogen) atoms. The van der Waals surface area contributed by atoms with Gasteiger partial charge < -0.3 is 15.3 Å². The monoisotopic (exact) mass is 359 g/mol. The highest BCUT2D eigenvalue weighted by molar-refractivity contribution is 6.07. The van der Waals surface area contributed by atoms with Crippen molar-refractivity contribution in [3.8, 4) is 0 Å². The Kier molecular flexibility index (Phi) is 4.43. The fourth-order valence-electron chi connectivity index (χ4n) is 3.03. The molecule has 4 amide bonds. The number of nitrogens with zero attached hydrogens (tertiary/aromatic N) is 1. The molecule has 2 aliphatic rings. The largest absolute Gasteiger partial charge is 0.481 e. The van der Waals surface area contributed by atoms with Crippen LogP contribution in [-0.4, -0.2) is 46.4 Å². The van der Waals surface area contributed by atoms with E-state index in [0.717, 1.165) is 12.8 Å². The van der Waals surface area contributed by atoms with Crippen LogP contribution < -0.4 is 10.6 Å². The van der Waals surface area contributed by atoms with E-state index in [4.69, 9.17) is 5.11 Å². The minimum atomic E-state index is -1.24. The SMILES string of the molecule is CC(CN(C(=O)c1cccc(C2(C)NC(=O)NC2=O)c1)C1CC1)C(=O)O. The van der Waals surface area contributed by atoms with Gasteiger partial charge in [0.1, 0.15) is 5.54 Å². The molecule has 0 spiro atoms. The minimum Gasteiger partial charge on any atom is -0.481 e. The summed E-state index contributed by atoms with van der Waals surface area (Å²) in [5, 5.41) is 13.9. The van der Waals surface area contributed by atoms with Crippen LogP contribution in [0.5, 0.6) is 0 Å². The Hall–Kier alpha value is -2.90. The molecule has 0 bridgehead atoms. The number of nitrogens with one attached hydrogen (secondary N) is 2. The molecule has 0 radical (unpaired) electrons. The maximum Gasteiger partial charge on any atom is 0.322 e. The van der Waals surface area contributed by atoms with Crippen molar-refractivity contribution in [1.29, 1.82) is 0 Å². The molecule has 1 aromatic carbocycles. The fraction of sp³-hybridized carbons (Fsp3) is 0.444. The van der Waals surface area contributed by atoms with Crippen molar-refractivity contribution in [2.45, 2.75) is 38.3 Å². The molecule has 3 N–H and O–H groups in total. The third-order valence-electron chi connectivity index (χ3n) is 4.87. The van der Waals surface area contributed by atoms with E-state index in [1.165, 1.54) is 0 Å². The fourth-order valence-corrected chi connectivity index (χ4v) is 3.03. The van der Waals surface area contributed by atoms with Gasteiger partial charge in [0.25, 0.3) is 11.8 Å². The van der Waals surface area contributed by atoms with Gasteiger partial charge in [-0.05, 0) is 37.5 Å². The van der Waals surface area contributed by atoms with Crippen LogP contribution >= 0.6 is 0 Å². The first-order valence-corrected chi connectivity index (χ1v) is 8.50. The highest BCUT2D eigenvalue weighted by Gasteiger charge is 2.44. The maximum absolute atomic E-state index is 12.9. The number of carboxylic acids is 1. The zero-order chi connectivity index (χ0) is 19.1. The number of aliphatic carboxylic acids is 1. The third kappa shape index (κ3) is 3.26. The molecule has 1 aromatic rings. The number of rotatable bonds is 6. The van der Waals surface area contributed by atoms with Crippen molar-refractivity contribution in [1.82, 2.24) is 15.5 Å². The lowest BCUT2D eigenvalue weighted by atomic mass is 9.91. The molecule has 8 nitrogen and oxygen atoms in total. The van der Waals surface area contributed by atoms with Crippen molar-refractivity contribution < 1.29 is 24.3 Å². The normalized spacial score (nSPS) is 23.2. The summed E-state index contributed by atoms with van der Waals surface area (Å²) in [7, 11) is 0. The number of hydrogen-bond donors (Lipinski definition) is 3. The molecule has 0 aromatic heterocycles. The van der Waals surface area contributed by atoms with Gasteiger partial charge >= 0.3 is 12.0 Å². The summed E-state index contributed by atoms with van der Waals surface area (Å²) in [6.07, 6.45) is 1.71. The van der Waals surface area contributed by atoms with Crippen LogP contribution in [0.2, 0.25) is 0 Å². The lowest BCUT2D eigenvalue weighted by Gasteiger charge is -2.26. The van der Waals surface area contributed by atoms with E-state index in [9.17, 15) is 19.2 Å². The number of carbonyl (C=O) groups excluding carboxylic acids is 3. The third-order valence-corrected chi connectivity index (χ3v) is 4.87. The van der Waals surface area contributed by atoms with E-state index < -0.39 is 29.4 Å². The summed E-state index contributed by atoms with van der Waals surface area (Å²) in [6.45, 7) is 3.28. The van der Waals surface area contributed by atoms with Gasteiger partial charge in [-0.3, -0.25) is 19.7 Å². The molecule has 1 saturated heterocycles. The predicted molar refractivity (Wildman–Crippen MR) is 91.3 cm³/mol. The van der Waals surface area contributed by atoms with Crippen LogP contribution in [0.3, 0.4) is 0 Å². The van der Waals surface area contributed by atoms with E-state index in [0.29, 0.717) is 11.1 Å². The van der Waals surface area contributed by atoms with Crippen molar-refractivity contribution in [3.05, 3.63) is 35.4 Å². The first-order valence-electron chi connectivity index (χ1n) is 8.50. The van der Waals surface area contributed by atoms with Gasteiger partial charge in [0, 0.05) is 18.2 Å².